The number of aryl methyl sites for hydroxylation is 1. The summed E-state index contributed by atoms with van der Waals surface area (Å²) in [5.74, 6) is 2.60. The summed E-state index contributed by atoms with van der Waals surface area (Å²) in [5, 5.41) is 0.549. The normalized spacial score (nSPS) is 12.2. The Balaban J connectivity index is 1.53. The predicted octanol–water partition coefficient (Wildman–Crippen LogP) is 4.99. The van der Waals surface area contributed by atoms with Crippen LogP contribution in [0.1, 0.15) is 18.2 Å². The third-order valence-corrected chi connectivity index (χ3v) is 4.87. The molecule has 0 unspecified atom stereocenters. The summed E-state index contributed by atoms with van der Waals surface area (Å²) in [4.78, 5) is 8.95. The molecule has 0 atom stereocenters. The van der Waals surface area contributed by atoms with Crippen LogP contribution < -0.4 is 14.2 Å². The van der Waals surface area contributed by atoms with Gasteiger partial charge in [0.1, 0.15) is 11.6 Å². The van der Waals surface area contributed by atoms with Crippen molar-refractivity contribution in [1.82, 2.24) is 9.97 Å². The maximum atomic E-state index is 13.8. The first kappa shape index (κ1) is 17.6. The first-order chi connectivity index (χ1) is 13.2. The fourth-order valence-electron chi connectivity index (χ4n) is 2.57. The lowest BCUT2D eigenvalue weighted by Crippen LogP contribution is -1.98. The highest BCUT2D eigenvalue weighted by atomic mass is 32.2. The summed E-state index contributed by atoms with van der Waals surface area (Å²) < 4.78 is 30.4. The van der Waals surface area contributed by atoms with Crippen LogP contribution in [0.4, 0.5) is 4.39 Å². The minimum absolute atomic E-state index is 0.211. The molecule has 0 fully saturated rings. The average Bonchev–Trinajstić information content (AvgIpc) is 3.15. The second-order valence-electron chi connectivity index (χ2n) is 5.83. The molecule has 0 radical (unpaired) electrons. The van der Waals surface area contributed by atoms with Gasteiger partial charge in [0, 0.05) is 23.6 Å². The molecule has 4 rings (SSSR count). The van der Waals surface area contributed by atoms with Crippen molar-refractivity contribution >= 4 is 11.8 Å². The molecule has 0 saturated carbocycles. The van der Waals surface area contributed by atoms with Gasteiger partial charge < -0.3 is 14.2 Å². The van der Waals surface area contributed by atoms with E-state index in [0.717, 1.165) is 12.1 Å². The zero-order valence-corrected chi connectivity index (χ0v) is 15.5. The number of thioether (sulfide) groups is 1. The molecule has 7 heteroatoms. The van der Waals surface area contributed by atoms with Gasteiger partial charge in [-0.15, -0.1) is 0 Å². The van der Waals surface area contributed by atoms with Crippen molar-refractivity contribution in [3.8, 4) is 23.1 Å². The van der Waals surface area contributed by atoms with E-state index in [9.17, 15) is 4.39 Å². The number of hydrogen-bond acceptors (Lipinski definition) is 6. The molecule has 0 bridgehead atoms. The molecule has 1 aromatic heterocycles. The molecule has 1 aliphatic heterocycles. The smallest absolute Gasteiger partial charge is 0.231 e. The Morgan fingerprint density at radius 2 is 1.93 bits per heavy atom. The maximum absolute atomic E-state index is 13.8. The fourth-order valence-corrected chi connectivity index (χ4v) is 3.42. The van der Waals surface area contributed by atoms with E-state index < -0.39 is 0 Å². The third kappa shape index (κ3) is 4.14. The average molecular weight is 384 g/mol. The van der Waals surface area contributed by atoms with Crippen molar-refractivity contribution in [3.05, 3.63) is 65.6 Å². The Bertz CT molecular complexity index is 968. The number of aromatic nitrogens is 2. The highest BCUT2D eigenvalue weighted by Crippen LogP contribution is 2.36. The van der Waals surface area contributed by atoms with Crippen molar-refractivity contribution in [2.75, 3.05) is 6.79 Å². The second kappa shape index (κ2) is 7.84. The van der Waals surface area contributed by atoms with E-state index >= 15 is 0 Å². The molecule has 1 aliphatic rings. The van der Waals surface area contributed by atoms with Gasteiger partial charge in [-0.25, -0.2) is 9.37 Å². The first-order valence-electron chi connectivity index (χ1n) is 8.53. The van der Waals surface area contributed by atoms with Crippen molar-refractivity contribution in [1.29, 1.82) is 0 Å². The standard InChI is InChI=1S/C20H17FN2O3S/c1-2-14-9-19(26-15-7-8-17-18(10-15)25-12-24-17)23-20(22-14)27-11-13-5-3-4-6-16(13)21/h3-10H,2,11-12H2,1H3. The number of hydrogen-bond donors (Lipinski definition) is 0. The summed E-state index contributed by atoms with van der Waals surface area (Å²) in [7, 11) is 0. The second-order valence-corrected chi connectivity index (χ2v) is 6.77. The van der Waals surface area contributed by atoms with E-state index in [1.807, 2.05) is 13.0 Å². The van der Waals surface area contributed by atoms with Gasteiger partial charge in [-0.1, -0.05) is 36.9 Å². The van der Waals surface area contributed by atoms with Crippen LogP contribution in [0.25, 0.3) is 0 Å². The zero-order chi connectivity index (χ0) is 18.6. The summed E-state index contributed by atoms with van der Waals surface area (Å²) in [6.07, 6.45) is 0.743. The highest BCUT2D eigenvalue weighted by molar-refractivity contribution is 7.98. The summed E-state index contributed by atoms with van der Waals surface area (Å²) >= 11 is 1.38. The molecule has 0 amide bonds. The van der Waals surface area contributed by atoms with Gasteiger partial charge in [-0.05, 0) is 30.2 Å². The molecule has 0 N–H and O–H groups in total. The SMILES string of the molecule is CCc1cc(Oc2ccc3c(c2)OCO3)nc(SCc2ccccc2F)n1. The predicted molar refractivity (Wildman–Crippen MR) is 100 cm³/mol. The lowest BCUT2D eigenvalue weighted by molar-refractivity contribution is 0.174. The van der Waals surface area contributed by atoms with E-state index in [0.29, 0.717) is 39.6 Å². The largest absolute Gasteiger partial charge is 0.454 e. The van der Waals surface area contributed by atoms with Crippen LogP contribution in [0.3, 0.4) is 0 Å². The molecule has 0 saturated heterocycles. The van der Waals surface area contributed by atoms with E-state index in [1.54, 1.807) is 36.4 Å². The van der Waals surface area contributed by atoms with Crippen molar-refractivity contribution < 1.29 is 18.6 Å². The van der Waals surface area contributed by atoms with Crippen LogP contribution >= 0.6 is 11.8 Å². The van der Waals surface area contributed by atoms with Crippen molar-refractivity contribution in [3.63, 3.8) is 0 Å². The Morgan fingerprint density at radius 3 is 2.78 bits per heavy atom. The van der Waals surface area contributed by atoms with Gasteiger partial charge in [0.15, 0.2) is 16.7 Å². The Morgan fingerprint density at radius 1 is 1.07 bits per heavy atom. The van der Waals surface area contributed by atoms with E-state index in [4.69, 9.17) is 14.2 Å². The van der Waals surface area contributed by atoms with Crippen LogP contribution in [0.5, 0.6) is 23.1 Å². The van der Waals surface area contributed by atoms with E-state index in [-0.39, 0.29) is 12.6 Å². The number of halogens is 1. The number of ether oxygens (including phenoxy) is 3. The quantitative estimate of drug-likeness (QED) is 0.441. The Labute approximate surface area is 160 Å². The molecule has 2 aromatic carbocycles. The number of rotatable bonds is 6. The van der Waals surface area contributed by atoms with Crippen LogP contribution in [0.15, 0.2) is 53.7 Å². The lowest BCUT2D eigenvalue weighted by Gasteiger charge is -2.09. The molecule has 3 aromatic rings. The van der Waals surface area contributed by atoms with Crippen molar-refractivity contribution in [2.45, 2.75) is 24.3 Å². The van der Waals surface area contributed by atoms with Gasteiger partial charge in [-0.2, -0.15) is 4.98 Å². The van der Waals surface area contributed by atoms with Crippen molar-refractivity contribution in [2.24, 2.45) is 0 Å². The minimum atomic E-state index is -0.228. The summed E-state index contributed by atoms with van der Waals surface area (Å²) in [6.45, 7) is 2.22. The molecule has 0 spiro atoms. The fraction of sp³-hybridized carbons (Fsp3) is 0.200. The number of fused-ring (bicyclic) bond motifs is 1. The first-order valence-corrected chi connectivity index (χ1v) is 9.51. The highest BCUT2D eigenvalue weighted by Gasteiger charge is 2.15. The van der Waals surface area contributed by atoms with Crippen LogP contribution in [0, 0.1) is 5.82 Å². The topological polar surface area (TPSA) is 53.5 Å². The molecule has 5 nitrogen and oxygen atoms in total. The van der Waals surface area contributed by atoms with Crippen LogP contribution in [-0.4, -0.2) is 16.8 Å². The number of benzene rings is 2. The molecular formula is C20H17FN2O3S. The van der Waals surface area contributed by atoms with Gasteiger partial charge in [0.2, 0.25) is 12.7 Å². The molecule has 2 heterocycles. The number of nitrogens with zero attached hydrogens (tertiary/aromatic N) is 2. The maximum Gasteiger partial charge on any atom is 0.231 e. The summed E-state index contributed by atoms with van der Waals surface area (Å²) in [5.41, 5.74) is 1.48. The van der Waals surface area contributed by atoms with Gasteiger partial charge in [0.25, 0.3) is 0 Å². The molecule has 0 aliphatic carbocycles. The molecule has 27 heavy (non-hydrogen) atoms. The summed E-state index contributed by atoms with van der Waals surface area (Å²) in [6, 6.07) is 13.9. The molecular weight excluding hydrogens is 367 g/mol. The van der Waals surface area contributed by atoms with Crippen LogP contribution in [-0.2, 0) is 12.2 Å². The zero-order valence-electron chi connectivity index (χ0n) is 14.6. The molecule has 138 valence electrons. The van der Waals surface area contributed by atoms with E-state index in [1.165, 1.54) is 17.8 Å². The van der Waals surface area contributed by atoms with Gasteiger partial charge >= 0.3 is 0 Å². The Hall–Kier alpha value is -2.80. The van der Waals surface area contributed by atoms with E-state index in [2.05, 4.69) is 9.97 Å². The minimum Gasteiger partial charge on any atom is -0.454 e. The van der Waals surface area contributed by atoms with Gasteiger partial charge in [-0.3, -0.25) is 0 Å². The lowest BCUT2D eigenvalue weighted by atomic mass is 10.2. The van der Waals surface area contributed by atoms with Gasteiger partial charge in [0.05, 0.1) is 0 Å². The third-order valence-electron chi connectivity index (χ3n) is 3.98. The Kier molecular flexibility index (Phi) is 5.11. The monoisotopic (exact) mass is 384 g/mol. The van der Waals surface area contributed by atoms with Crippen LogP contribution in [0.2, 0.25) is 0 Å².